The summed E-state index contributed by atoms with van der Waals surface area (Å²) in [7, 11) is 0. The minimum Gasteiger partial charge on any atom is -0.490 e. The highest BCUT2D eigenvalue weighted by atomic mass is 35.5. The van der Waals surface area contributed by atoms with Crippen molar-refractivity contribution in [2.45, 2.75) is 20.5 Å². The van der Waals surface area contributed by atoms with E-state index in [2.05, 4.69) is 5.32 Å². The molecule has 0 saturated carbocycles. The highest BCUT2D eigenvalue weighted by molar-refractivity contribution is 6.42. The fourth-order valence-electron chi connectivity index (χ4n) is 3.57. The molecule has 1 aliphatic rings. The van der Waals surface area contributed by atoms with E-state index in [1.807, 2.05) is 6.92 Å². The fourth-order valence-corrected chi connectivity index (χ4v) is 4.07. The van der Waals surface area contributed by atoms with Crippen molar-refractivity contribution in [3.05, 3.63) is 91.9 Å². The summed E-state index contributed by atoms with van der Waals surface area (Å²) in [4.78, 5) is 39.1. The lowest BCUT2D eigenvalue weighted by atomic mass is 10.1. The van der Waals surface area contributed by atoms with Gasteiger partial charge in [-0.25, -0.2) is 9.69 Å². The zero-order valence-electron chi connectivity index (χ0n) is 19.8. The third-order valence-corrected chi connectivity index (χ3v) is 6.62. The Balaban J connectivity index is 1.61. The van der Waals surface area contributed by atoms with E-state index in [1.54, 1.807) is 55.5 Å². The number of rotatable bonds is 7. The summed E-state index contributed by atoms with van der Waals surface area (Å²) in [5.74, 6) is -0.701. The van der Waals surface area contributed by atoms with E-state index in [-0.39, 0.29) is 17.9 Å². The molecule has 1 N–H and O–H groups in total. The maximum atomic E-state index is 13.2. The average molecular weight is 560 g/mol. The van der Waals surface area contributed by atoms with Gasteiger partial charge >= 0.3 is 6.03 Å². The van der Waals surface area contributed by atoms with Crippen LogP contribution in [-0.4, -0.2) is 24.5 Å². The summed E-state index contributed by atoms with van der Waals surface area (Å²) >= 11 is 18.2. The van der Waals surface area contributed by atoms with Crippen LogP contribution in [0, 0.1) is 6.92 Å². The first kappa shape index (κ1) is 26.5. The molecule has 0 aliphatic carbocycles. The number of nitrogens with one attached hydrogen (secondary N) is 1. The molecular weight excluding hydrogens is 539 g/mol. The number of urea groups is 1. The Hall–Kier alpha value is -3.52. The summed E-state index contributed by atoms with van der Waals surface area (Å²) < 4.78 is 11.6. The minimum atomic E-state index is -0.854. The number of benzene rings is 3. The predicted octanol–water partition coefficient (Wildman–Crippen LogP) is 6.60. The Bertz CT molecular complexity index is 1440. The van der Waals surface area contributed by atoms with Crippen molar-refractivity contribution >= 4 is 64.4 Å². The first-order valence-electron chi connectivity index (χ1n) is 11.2. The Morgan fingerprint density at radius 3 is 2.35 bits per heavy atom. The van der Waals surface area contributed by atoms with E-state index in [1.165, 1.54) is 12.1 Å². The van der Waals surface area contributed by atoms with E-state index >= 15 is 0 Å². The second-order valence-electron chi connectivity index (χ2n) is 8.07. The molecule has 0 unspecified atom stereocenters. The molecule has 1 saturated heterocycles. The normalized spacial score (nSPS) is 14.7. The molecule has 0 bridgehead atoms. The molecule has 7 nitrogen and oxygen atoms in total. The standard InChI is InChI=1S/C27H21Cl3N2O5/c1-3-36-24-12-16(6-9-23(24)37-14-17-5-8-20(28)22(30)11-17)10-19-25(33)31-27(35)32(26(19)34)18-7-4-15(2)21(29)13-18/h4-13H,3,14H2,1-2H3,(H,31,33,35)/b19-10-. The van der Waals surface area contributed by atoms with Crippen molar-refractivity contribution in [3.63, 3.8) is 0 Å². The van der Waals surface area contributed by atoms with Crippen LogP contribution < -0.4 is 19.7 Å². The second kappa shape index (κ2) is 11.3. The van der Waals surface area contributed by atoms with Crippen LogP contribution >= 0.6 is 34.8 Å². The van der Waals surface area contributed by atoms with Gasteiger partial charge in [-0.15, -0.1) is 0 Å². The first-order valence-corrected chi connectivity index (χ1v) is 12.3. The van der Waals surface area contributed by atoms with E-state index in [4.69, 9.17) is 44.3 Å². The van der Waals surface area contributed by atoms with Crippen molar-refractivity contribution in [3.8, 4) is 11.5 Å². The number of carbonyl (C=O) groups is 3. The smallest absolute Gasteiger partial charge is 0.335 e. The van der Waals surface area contributed by atoms with Gasteiger partial charge in [0.1, 0.15) is 12.2 Å². The molecule has 1 fully saturated rings. The second-order valence-corrected chi connectivity index (χ2v) is 9.29. The number of imide groups is 2. The van der Waals surface area contributed by atoms with Crippen molar-refractivity contribution in [1.82, 2.24) is 5.32 Å². The van der Waals surface area contributed by atoms with Crippen molar-refractivity contribution in [1.29, 1.82) is 0 Å². The van der Waals surface area contributed by atoms with Crippen molar-refractivity contribution in [2.24, 2.45) is 0 Å². The van der Waals surface area contributed by atoms with Gasteiger partial charge < -0.3 is 9.47 Å². The summed E-state index contributed by atoms with van der Waals surface area (Å²) in [6, 6.07) is 14.1. The largest absolute Gasteiger partial charge is 0.490 e. The van der Waals surface area contributed by atoms with Gasteiger partial charge in [0.2, 0.25) is 0 Å². The molecule has 0 radical (unpaired) electrons. The zero-order chi connectivity index (χ0) is 26.7. The van der Waals surface area contributed by atoms with Crippen LogP contribution in [0.3, 0.4) is 0 Å². The Labute approximate surface area is 228 Å². The van der Waals surface area contributed by atoms with E-state index in [0.717, 1.165) is 16.0 Å². The van der Waals surface area contributed by atoms with Crippen LogP contribution in [0.1, 0.15) is 23.6 Å². The van der Waals surface area contributed by atoms with Crippen LogP contribution in [0.15, 0.2) is 60.2 Å². The number of aryl methyl sites for hydroxylation is 1. The number of hydrogen-bond acceptors (Lipinski definition) is 5. The van der Waals surface area contributed by atoms with Gasteiger partial charge in [-0.2, -0.15) is 0 Å². The van der Waals surface area contributed by atoms with E-state index in [0.29, 0.717) is 38.7 Å². The zero-order valence-corrected chi connectivity index (χ0v) is 22.1. The lowest BCUT2D eigenvalue weighted by Gasteiger charge is -2.26. The van der Waals surface area contributed by atoms with Crippen LogP contribution in [0.25, 0.3) is 6.08 Å². The molecule has 37 heavy (non-hydrogen) atoms. The Morgan fingerprint density at radius 2 is 1.65 bits per heavy atom. The summed E-state index contributed by atoms with van der Waals surface area (Å²) in [5.41, 5.74) is 2.13. The molecule has 3 aromatic rings. The first-order chi connectivity index (χ1) is 17.7. The Morgan fingerprint density at radius 1 is 0.865 bits per heavy atom. The van der Waals surface area contributed by atoms with Gasteiger partial charge in [0.05, 0.1) is 22.3 Å². The summed E-state index contributed by atoms with van der Waals surface area (Å²) in [6.45, 7) is 4.20. The SMILES string of the molecule is CCOc1cc(/C=C2/C(=O)NC(=O)N(c3ccc(C)c(Cl)c3)C2=O)ccc1OCc1ccc(Cl)c(Cl)c1. The van der Waals surface area contributed by atoms with Gasteiger partial charge in [-0.3, -0.25) is 14.9 Å². The predicted molar refractivity (Wildman–Crippen MR) is 144 cm³/mol. The third kappa shape index (κ3) is 5.91. The van der Waals surface area contributed by atoms with Gasteiger partial charge in [0.25, 0.3) is 11.8 Å². The van der Waals surface area contributed by atoms with Gasteiger partial charge in [-0.05, 0) is 73.0 Å². The summed E-state index contributed by atoms with van der Waals surface area (Å²) in [5, 5.41) is 3.46. The van der Waals surface area contributed by atoms with Crippen LogP contribution in [0.2, 0.25) is 15.1 Å². The molecule has 0 atom stereocenters. The number of carbonyl (C=O) groups excluding carboxylic acids is 3. The van der Waals surface area contributed by atoms with Crippen LogP contribution in [-0.2, 0) is 16.2 Å². The number of amides is 4. The molecule has 4 rings (SSSR count). The number of hydrogen-bond donors (Lipinski definition) is 1. The molecule has 0 spiro atoms. The molecule has 3 aromatic carbocycles. The fraction of sp³-hybridized carbons (Fsp3) is 0.148. The molecular formula is C27H21Cl3N2O5. The number of anilines is 1. The van der Waals surface area contributed by atoms with Gasteiger partial charge in [-0.1, -0.05) is 53.0 Å². The average Bonchev–Trinajstić information content (AvgIpc) is 2.85. The summed E-state index contributed by atoms with van der Waals surface area (Å²) in [6.07, 6.45) is 1.39. The number of halogens is 3. The van der Waals surface area contributed by atoms with Crippen LogP contribution in [0.5, 0.6) is 11.5 Å². The van der Waals surface area contributed by atoms with Crippen molar-refractivity contribution in [2.75, 3.05) is 11.5 Å². The van der Waals surface area contributed by atoms with Crippen LogP contribution in [0.4, 0.5) is 10.5 Å². The number of nitrogens with zero attached hydrogens (tertiary/aromatic N) is 1. The lowest BCUT2D eigenvalue weighted by molar-refractivity contribution is -0.122. The quantitative estimate of drug-likeness (QED) is 0.260. The maximum Gasteiger partial charge on any atom is 0.335 e. The molecule has 0 aromatic heterocycles. The molecule has 1 heterocycles. The van der Waals surface area contributed by atoms with E-state index in [9.17, 15) is 14.4 Å². The number of barbiturate groups is 1. The van der Waals surface area contributed by atoms with Gasteiger partial charge in [0.15, 0.2) is 11.5 Å². The molecule has 190 valence electrons. The number of ether oxygens (including phenoxy) is 2. The molecule has 4 amide bonds. The lowest BCUT2D eigenvalue weighted by Crippen LogP contribution is -2.54. The maximum absolute atomic E-state index is 13.2. The van der Waals surface area contributed by atoms with E-state index < -0.39 is 17.8 Å². The highest BCUT2D eigenvalue weighted by Gasteiger charge is 2.37. The minimum absolute atomic E-state index is 0.217. The molecule has 10 heteroatoms. The van der Waals surface area contributed by atoms with Crippen molar-refractivity contribution < 1.29 is 23.9 Å². The molecule has 1 aliphatic heterocycles. The highest BCUT2D eigenvalue weighted by Crippen LogP contribution is 2.32. The third-order valence-electron chi connectivity index (χ3n) is 5.47. The monoisotopic (exact) mass is 558 g/mol. The Kier molecular flexibility index (Phi) is 8.07. The topological polar surface area (TPSA) is 84.9 Å². The van der Waals surface area contributed by atoms with Gasteiger partial charge in [0, 0.05) is 5.02 Å².